The van der Waals surface area contributed by atoms with E-state index in [1.807, 2.05) is 16.8 Å². The molecule has 4 aromatic rings. The fourth-order valence-electron chi connectivity index (χ4n) is 3.90. The maximum Gasteiger partial charge on any atom is 0.258 e. The van der Waals surface area contributed by atoms with Crippen LogP contribution in [0.4, 0.5) is 5.82 Å². The van der Waals surface area contributed by atoms with Crippen LogP contribution in [0.2, 0.25) is 0 Å². The van der Waals surface area contributed by atoms with Crippen LogP contribution in [0.3, 0.4) is 0 Å². The summed E-state index contributed by atoms with van der Waals surface area (Å²) in [7, 11) is 0. The number of nitrogens with one attached hydrogen (secondary N) is 1. The molecule has 1 amide bonds. The predicted octanol–water partition coefficient (Wildman–Crippen LogP) is 3.37. The molecule has 9 heteroatoms. The lowest BCUT2D eigenvalue weighted by atomic mass is 10.0. The van der Waals surface area contributed by atoms with E-state index < -0.39 is 0 Å². The Labute approximate surface area is 177 Å². The number of hydrogen-bond acceptors (Lipinski definition) is 7. The molecule has 1 fully saturated rings. The Morgan fingerprint density at radius 3 is 2.80 bits per heavy atom. The van der Waals surface area contributed by atoms with Gasteiger partial charge in [-0.05, 0) is 42.7 Å². The van der Waals surface area contributed by atoms with E-state index in [4.69, 9.17) is 0 Å². The molecule has 0 radical (unpaired) electrons. The van der Waals surface area contributed by atoms with Crippen molar-refractivity contribution in [2.24, 2.45) is 0 Å². The minimum Gasteiger partial charge on any atom is -0.307 e. The van der Waals surface area contributed by atoms with Gasteiger partial charge in [-0.25, -0.2) is 4.68 Å². The third kappa shape index (κ3) is 3.94. The van der Waals surface area contributed by atoms with Gasteiger partial charge in [0.2, 0.25) is 0 Å². The van der Waals surface area contributed by atoms with Gasteiger partial charge in [0.15, 0.2) is 0 Å². The molecule has 5 rings (SSSR count). The molecule has 0 aliphatic carbocycles. The molecule has 8 nitrogen and oxygen atoms in total. The van der Waals surface area contributed by atoms with E-state index in [2.05, 4.69) is 41.2 Å². The van der Waals surface area contributed by atoms with Gasteiger partial charge in [-0.2, -0.15) is 13.8 Å². The quantitative estimate of drug-likeness (QED) is 0.534. The van der Waals surface area contributed by atoms with Crippen molar-refractivity contribution in [3.63, 3.8) is 0 Å². The Kier molecular flexibility index (Phi) is 5.20. The van der Waals surface area contributed by atoms with Gasteiger partial charge >= 0.3 is 0 Å². The Bertz CT molecular complexity index is 1150. The van der Waals surface area contributed by atoms with Crippen molar-refractivity contribution in [2.75, 3.05) is 18.4 Å². The second-order valence-corrected chi connectivity index (χ2v) is 7.98. The SMILES string of the molecule is O=C(Nc1ccnn1C1CCN(Cc2ccc3nsnc3c2)CC1)c1cccnc1. The van der Waals surface area contributed by atoms with Gasteiger partial charge in [0.1, 0.15) is 16.9 Å². The molecule has 0 spiro atoms. The number of hydrogen-bond donors (Lipinski definition) is 1. The number of likely N-dealkylation sites (tertiary alicyclic amines) is 1. The molecule has 4 heterocycles. The highest BCUT2D eigenvalue weighted by Gasteiger charge is 2.23. The Morgan fingerprint density at radius 2 is 1.97 bits per heavy atom. The number of pyridine rings is 1. The summed E-state index contributed by atoms with van der Waals surface area (Å²) in [6.45, 7) is 2.87. The number of amides is 1. The Morgan fingerprint density at radius 1 is 1.10 bits per heavy atom. The van der Waals surface area contributed by atoms with Crippen LogP contribution in [0.15, 0.2) is 55.0 Å². The second kappa shape index (κ2) is 8.29. The molecule has 1 aliphatic heterocycles. The van der Waals surface area contributed by atoms with Crippen molar-refractivity contribution in [1.29, 1.82) is 0 Å². The normalized spacial score (nSPS) is 15.5. The first-order valence-electron chi connectivity index (χ1n) is 9.95. The molecule has 0 bridgehead atoms. The van der Waals surface area contributed by atoms with Gasteiger partial charge in [0, 0.05) is 38.1 Å². The highest BCUT2D eigenvalue weighted by molar-refractivity contribution is 7.00. The lowest BCUT2D eigenvalue weighted by Crippen LogP contribution is -2.35. The summed E-state index contributed by atoms with van der Waals surface area (Å²) in [5.74, 6) is 0.554. The number of rotatable bonds is 5. The summed E-state index contributed by atoms with van der Waals surface area (Å²) >= 11 is 1.25. The molecule has 30 heavy (non-hydrogen) atoms. The lowest BCUT2D eigenvalue weighted by Gasteiger charge is -2.32. The van der Waals surface area contributed by atoms with Crippen LogP contribution >= 0.6 is 11.7 Å². The molecule has 1 saturated heterocycles. The van der Waals surface area contributed by atoms with Crippen molar-refractivity contribution in [2.45, 2.75) is 25.4 Å². The summed E-state index contributed by atoms with van der Waals surface area (Å²) in [6.07, 6.45) is 6.92. The molecule has 152 valence electrons. The maximum atomic E-state index is 12.5. The van der Waals surface area contributed by atoms with Crippen molar-refractivity contribution in [3.8, 4) is 0 Å². The van der Waals surface area contributed by atoms with Crippen LogP contribution in [0.25, 0.3) is 11.0 Å². The average Bonchev–Trinajstić information content (AvgIpc) is 3.44. The number of piperidine rings is 1. The summed E-state index contributed by atoms with van der Waals surface area (Å²) in [5.41, 5.74) is 3.73. The van der Waals surface area contributed by atoms with Crippen molar-refractivity contribution < 1.29 is 4.79 Å². The molecule has 3 aromatic heterocycles. The summed E-state index contributed by atoms with van der Waals surface area (Å²) in [6, 6.07) is 11.9. The van der Waals surface area contributed by atoms with Crippen molar-refractivity contribution in [1.82, 2.24) is 28.4 Å². The van der Waals surface area contributed by atoms with Crippen LogP contribution < -0.4 is 5.32 Å². The van der Waals surface area contributed by atoms with Crippen LogP contribution in [0, 0.1) is 0 Å². The average molecular weight is 420 g/mol. The van der Waals surface area contributed by atoms with E-state index in [0.29, 0.717) is 5.56 Å². The van der Waals surface area contributed by atoms with Gasteiger partial charge in [-0.3, -0.25) is 14.7 Å². The molecule has 0 atom stereocenters. The maximum absolute atomic E-state index is 12.5. The first-order chi connectivity index (χ1) is 14.8. The van der Waals surface area contributed by atoms with E-state index >= 15 is 0 Å². The van der Waals surface area contributed by atoms with Crippen molar-refractivity contribution in [3.05, 3.63) is 66.1 Å². The standard InChI is InChI=1S/C21H21N7OS/c29-21(16-2-1-8-22-13-16)24-20-5-9-23-28(20)17-6-10-27(11-7-17)14-15-3-4-18-19(12-15)26-30-25-18/h1-5,8-9,12-13,17H,6-7,10-11,14H2,(H,24,29). The van der Waals surface area contributed by atoms with E-state index in [-0.39, 0.29) is 11.9 Å². The van der Waals surface area contributed by atoms with E-state index in [1.54, 1.807) is 30.7 Å². The lowest BCUT2D eigenvalue weighted by molar-refractivity contribution is 0.102. The number of carbonyl (C=O) groups is 1. The Balaban J connectivity index is 1.21. The largest absolute Gasteiger partial charge is 0.307 e. The molecule has 1 aliphatic rings. The summed E-state index contributed by atoms with van der Waals surface area (Å²) in [5, 5.41) is 7.44. The number of nitrogens with zero attached hydrogens (tertiary/aromatic N) is 6. The van der Waals surface area contributed by atoms with Crippen molar-refractivity contribution >= 4 is 34.5 Å². The minimum absolute atomic E-state index is 0.172. The Hall–Kier alpha value is -3.17. The van der Waals surface area contributed by atoms with Gasteiger partial charge in [-0.15, -0.1) is 0 Å². The van der Waals surface area contributed by atoms with Gasteiger partial charge in [0.05, 0.1) is 29.5 Å². The van der Waals surface area contributed by atoms with E-state index in [9.17, 15) is 4.79 Å². The summed E-state index contributed by atoms with van der Waals surface area (Å²) in [4.78, 5) is 18.9. The molecule has 1 N–H and O–H groups in total. The highest BCUT2D eigenvalue weighted by atomic mass is 32.1. The van der Waals surface area contributed by atoms with Crippen LogP contribution in [-0.2, 0) is 6.54 Å². The van der Waals surface area contributed by atoms with Crippen LogP contribution in [0.1, 0.15) is 34.8 Å². The number of carbonyl (C=O) groups excluding carboxylic acids is 1. The van der Waals surface area contributed by atoms with Crippen LogP contribution in [0.5, 0.6) is 0 Å². The first kappa shape index (κ1) is 18.8. The molecule has 0 saturated carbocycles. The van der Waals surface area contributed by atoms with Gasteiger partial charge in [-0.1, -0.05) is 6.07 Å². The molecule has 1 aromatic carbocycles. The second-order valence-electron chi connectivity index (χ2n) is 7.45. The van der Waals surface area contributed by atoms with Gasteiger partial charge in [0.25, 0.3) is 5.91 Å². The zero-order valence-electron chi connectivity index (χ0n) is 16.3. The third-order valence-corrected chi connectivity index (χ3v) is 6.02. The number of aromatic nitrogens is 5. The monoisotopic (exact) mass is 419 g/mol. The zero-order valence-corrected chi connectivity index (χ0v) is 17.1. The fraction of sp³-hybridized carbons (Fsp3) is 0.286. The first-order valence-corrected chi connectivity index (χ1v) is 10.7. The molecular weight excluding hydrogens is 398 g/mol. The minimum atomic E-state index is -0.172. The number of benzene rings is 1. The number of anilines is 1. The number of fused-ring (bicyclic) bond motifs is 1. The fourth-order valence-corrected chi connectivity index (χ4v) is 4.41. The van der Waals surface area contributed by atoms with E-state index in [0.717, 1.165) is 49.3 Å². The van der Waals surface area contributed by atoms with Crippen LogP contribution in [-0.4, -0.2) is 47.4 Å². The topological polar surface area (TPSA) is 88.8 Å². The van der Waals surface area contributed by atoms with Gasteiger partial charge < -0.3 is 5.32 Å². The molecular formula is C21H21N7OS. The third-order valence-electron chi connectivity index (χ3n) is 5.46. The molecule has 0 unspecified atom stereocenters. The predicted molar refractivity (Wildman–Crippen MR) is 115 cm³/mol. The smallest absolute Gasteiger partial charge is 0.258 e. The zero-order chi connectivity index (χ0) is 20.3. The summed E-state index contributed by atoms with van der Waals surface area (Å²) < 4.78 is 10.5. The highest BCUT2D eigenvalue weighted by Crippen LogP contribution is 2.27. The van der Waals surface area contributed by atoms with E-state index in [1.165, 1.54) is 17.3 Å².